The fraction of sp³-hybridized carbons (Fsp3) is 0.765. The summed E-state index contributed by atoms with van der Waals surface area (Å²) in [6.45, 7) is 13.3. The number of nitrogens with one attached hydrogen (secondary N) is 1. The highest BCUT2D eigenvalue weighted by Crippen LogP contribution is 2.19. The van der Waals surface area contributed by atoms with Gasteiger partial charge in [-0.15, -0.1) is 0 Å². The van der Waals surface area contributed by atoms with Gasteiger partial charge in [0.2, 0.25) is 0 Å². The van der Waals surface area contributed by atoms with E-state index in [4.69, 9.17) is 9.15 Å². The topological polar surface area (TPSA) is 37.6 Å². The largest absolute Gasteiger partial charge is 0.468 e. The van der Waals surface area contributed by atoms with Gasteiger partial charge >= 0.3 is 0 Å². The van der Waals surface area contributed by atoms with Crippen molar-refractivity contribution in [3.63, 3.8) is 0 Å². The van der Waals surface area contributed by atoms with Crippen LogP contribution in [0.2, 0.25) is 0 Å². The summed E-state index contributed by atoms with van der Waals surface area (Å²) in [5, 5.41) is 3.49. The lowest BCUT2D eigenvalue weighted by Gasteiger charge is -2.32. The van der Waals surface area contributed by atoms with E-state index in [1.807, 2.05) is 0 Å². The van der Waals surface area contributed by atoms with Crippen molar-refractivity contribution in [3.8, 4) is 0 Å². The molecule has 1 aliphatic rings. The van der Waals surface area contributed by atoms with Crippen molar-refractivity contribution in [3.05, 3.63) is 23.7 Å². The van der Waals surface area contributed by atoms with E-state index in [9.17, 15) is 0 Å². The molecular formula is C17H30N2O2. The predicted molar refractivity (Wildman–Crippen MR) is 85.2 cm³/mol. The molecule has 0 radical (unpaired) electrons. The highest BCUT2D eigenvalue weighted by atomic mass is 16.5. The summed E-state index contributed by atoms with van der Waals surface area (Å²) < 4.78 is 11.4. The van der Waals surface area contributed by atoms with Crippen LogP contribution in [0.3, 0.4) is 0 Å². The fourth-order valence-electron chi connectivity index (χ4n) is 2.78. The molecule has 0 aromatic carbocycles. The standard InChI is InChI=1S/C17H30N2O2/c1-5-20-15-7-6-9-19(13-15)12-14-8-10-21-16(14)11-18-17(2,3)4/h8,10,15,18H,5-7,9,11-13H2,1-4H3. The van der Waals surface area contributed by atoms with E-state index in [2.05, 4.69) is 44.0 Å². The van der Waals surface area contributed by atoms with Crippen LogP contribution >= 0.6 is 0 Å². The second-order valence-corrected chi connectivity index (χ2v) is 6.93. The zero-order chi connectivity index (χ0) is 15.3. The lowest BCUT2D eigenvalue weighted by molar-refractivity contribution is 0.00348. The fourth-order valence-corrected chi connectivity index (χ4v) is 2.78. The molecule has 1 atom stereocenters. The Morgan fingerprint density at radius 3 is 2.95 bits per heavy atom. The Balaban J connectivity index is 1.89. The van der Waals surface area contributed by atoms with Crippen molar-refractivity contribution < 1.29 is 9.15 Å². The number of ether oxygens (including phenoxy) is 1. The van der Waals surface area contributed by atoms with E-state index in [0.29, 0.717) is 6.10 Å². The summed E-state index contributed by atoms with van der Waals surface area (Å²) in [7, 11) is 0. The summed E-state index contributed by atoms with van der Waals surface area (Å²) in [4.78, 5) is 2.48. The number of hydrogen-bond acceptors (Lipinski definition) is 4. The van der Waals surface area contributed by atoms with Crippen molar-refractivity contribution in [1.82, 2.24) is 10.2 Å². The molecule has 1 unspecified atom stereocenters. The normalized spacial score (nSPS) is 20.9. The molecule has 1 aromatic rings. The van der Waals surface area contributed by atoms with Gasteiger partial charge in [-0.2, -0.15) is 0 Å². The SMILES string of the molecule is CCOC1CCCN(Cc2ccoc2CNC(C)(C)C)C1. The molecule has 1 saturated heterocycles. The number of nitrogens with zero attached hydrogens (tertiary/aromatic N) is 1. The van der Waals surface area contributed by atoms with Gasteiger partial charge in [0.05, 0.1) is 18.9 Å². The van der Waals surface area contributed by atoms with Crippen LogP contribution in [0.15, 0.2) is 16.7 Å². The average Bonchev–Trinajstić information content (AvgIpc) is 2.84. The van der Waals surface area contributed by atoms with Crippen LogP contribution < -0.4 is 5.32 Å². The third kappa shape index (κ3) is 5.46. The third-order valence-electron chi connectivity index (χ3n) is 3.88. The first-order chi connectivity index (χ1) is 9.98. The van der Waals surface area contributed by atoms with E-state index in [1.54, 1.807) is 6.26 Å². The van der Waals surface area contributed by atoms with E-state index in [1.165, 1.54) is 18.4 Å². The number of furan rings is 1. The molecular weight excluding hydrogens is 264 g/mol. The predicted octanol–water partition coefficient (Wildman–Crippen LogP) is 3.17. The maximum atomic E-state index is 5.78. The summed E-state index contributed by atoms with van der Waals surface area (Å²) in [6.07, 6.45) is 4.61. The molecule has 4 nitrogen and oxygen atoms in total. The van der Waals surface area contributed by atoms with Gasteiger partial charge in [-0.1, -0.05) is 0 Å². The third-order valence-corrected chi connectivity index (χ3v) is 3.88. The lowest BCUT2D eigenvalue weighted by atomic mass is 10.1. The van der Waals surface area contributed by atoms with Crippen LogP contribution in [0.4, 0.5) is 0 Å². The summed E-state index contributed by atoms with van der Waals surface area (Å²) in [6, 6.07) is 2.10. The zero-order valence-corrected chi connectivity index (χ0v) is 13.9. The maximum absolute atomic E-state index is 5.78. The Kier molecular flexibility index (Phi) is 5.85. The molecule has 1 N–H and O–H groups in total. The Morgan fingerprint density at radius 1 is 1.43 bits per heavy atom. The van der Waals surface area contributed by atoms with Crippen molar-refractivity contribution >= 4 is 0 Å². The Labute approximate surface area is 128 Å². The molecule has 120 valence electrons. The first-order valence-corrected chi connectivity index (χ1v) is 8.12. The number of piperidine rings is 1. The van der Waals surface area contributed by atoms with Gasteiger partial charge in [-0.3, -0.25) is 4.90 Å². The highest BCUT2D eigenvalue weighted by Gasteiger charge is 2.21. The Morgan fingerprint density at radius 2 is 2.24 bits per heavy atom. The van der Waals surface area contributed by atoms with Crippen LogP contribution in [0.1, 0.15) is 51.9 Å². The van der Waals surface area contributed by atoms with Gasteiger partial charge in [0.25, 0.3) is 0 Å². The molecule has 1 aromatic heterocycles. The van der Waals surface area contributed by atoms with Crippen LogP contribution in [0.5, 0.6) is 0 Å². The van der Waals surface area contributed by atoms with Crippen LogP contribution in [-0.2, 0) is 17.8 Å². The molecule has 0 bridgehead atoms. The molecule has 21 heavy (non-hydrogen) atoms. The van der Waals surface area contributed by atoms with Crippen molar-refractivity contribution in [2.45, 2.75) is 65.3 Å². The smallest absolute Gasteiger partial charge is 0.122 e. The monoisotopic (exact) mass is 294 g/mol. The van der Waals surface area contributed by atoms with Crippen LogP contribution in [0.25, 0.3) is 0 Å². The van der Waals surface area contributed by atoms with Gasteiger partial charge in [-0.25, -0.2) is 0 Å². The number of likely N-dealkylation sites (tertiary alicyclic amines) is 1. The Bertz CT molecular complexity index is 421. The summed E-state index contributed by atoms with van der Waals surface area (Å²) in [5.41, 5.74) is 1.40. The van der Waals surface area contributed by atoms with Crippen LogP contribution in [0, 0.1) is 0 Å². The van der Waals surface area contributed by atoms with Gasteiger partial charge in [0, 0.05) is 30.8 Å². The second-order valence-electron chi connectivity index (χ2n) is 6.93. The molecule has 0 saturated carbocycles. The summed E-state index contributed by atoms with van der Waals surface area (Å²) >= 11 is 0. The van der Waals surface area contributed by atoms with Gasteiger partial charge < -0.3 is 14.5 Å². The molecule has 0 aliphatic carbocycles. The Hall–Kier alpha value is -0.840. The highest BCUT2D eigenvalue weighted by molar-refractivity contribution is 5.17. The van der Waals surface area contributed by atoms with E-state index in [0.717, 1.165) is 38.5 Å². The van der Waals surface area contributed by atoms with E-state index < -0.39 is 0 Å². The van der Waals surface area contributed by atoms with Gasteiger partial charge in [-0.05, 0) is 53.1 Å². The van der Waals surface area contributed by atoms with Crippen molar-refractivity contribution in [2.75, 3.05) is 19.7 Å². The van der Waals surface area contributed by atoms with E-state index in [-0.39, 0.29) is 5.54 Å². The average molecular weight is 294 g/mol. The molecule has 2 heterocycles. The lowest BCUT2D eigenvalue weighted by Crippen LogP contribution is -2.39. The van der Waals surface area contributed by atoms with E-state index >= 15 is 0 Å². The minimum Gasteiger partial charge on any atom is -0.468 e. The maximum Gasteiger partial charge on any atom is 0.122 e. The molecule has 1 aliphatic heterocycles. The molecule has 1 fully saturated rings. The number of rotatable bonds is 6. The molecule has 0 spiro atoms. The zero-order valence-electron chi connectivity index (χ0n) is 13.9. The van der Waals surface area contributed by atoms with Gasteiger partial charge in [0.15, 0.2) is 0 Å². The molecule has 2 rings (SSSR count). The number of hydrogen-bond donors (Lipinski definition) is 1. The van der Waals surface area contributed by atoms with Crippen molar-refractivity contribution in [2.24, 2.45) is 0 Å². The molecule has 0 amide bonds. The quantitative estimate of drug-likeness (QED) is 0.874. The minimum atomic E-state index is 0.106. The first kappa shape index (κ1) is 16.5. The summed E-state index contributed by atoms with van der Waals surface area (Å²) in [5.74, 6) is 1.06. The van der Waals surface area contributed by atoms with Gasteiger partial charge in [0.1, 0.15) is 5.76 Å². The van der Waals surface area contributed by atoms with Crippen molar-refractivity contribution in [1.29, 1.82) is 0 Å². The molecule has 4 heteroatoms. The van der Waals surface area contributed by atoms with Crippen LogP contribution in [-0.4, -0.2) is 36.2 Å². The first-order valence-electron chi connectivity index (χ1n) is 8.12. The minimum absolute atomic E-state index is 0.106. The second kappa shape index (κ2) is 7.43.